The van der Waals surface area contributed by atoms with E-state index in [1.165, 1.54) is 25.1 Å². The number of carbonyl (C=O) groups excluding carboxylic acids is 3. The predicted molar refractivity (Wildman–Crippen MR) is 87.5 cm³/mol. The number of benzene rings is 1. The first-order chi connectivity index (χ1) is 12.8. The number of nitrogens with zero attached hydrogens (tertiary/aromatic N) is 1. The Morgan fingerprint density at radius 1 is 1.30 bits per heavy atom. The summed E-state index contributed by atoms with van der Waals surface area (Å²) in [5.74, 6) is -2.58. The molecule has 1 N–H and O–H groups in total. The van der Waals surface area contributed by atoms with Gasteiger partial charge in [0.05, 0.1) is 0 Å². The molecule has 1 aromatic carbocycles. The fraction of sp³-hybridized carbons (Fsp3) is 0.438. The van der Waals surface area contributed by atoms with E-state index in [2.05, 4.69) is 9.47 Å². The molecule has 144 valence electrons. The molecule has 27 heavy (non-hydrogen) atoms. The zero-order valence-electron chi connectivity index (χ0n) is 14.6. The Labute approximate surface area is 154 Å². The SMILES string of the molecule is CN(C)C(=O)COC(=O)OCOC(=O)c1c(F)ccc2c1OB(O)[C@@H]1C[C@H]21. The van der Waals surface area contributed by atoms with Gasteiger partial charge in [-0.15, -0.1) is 0 Å². The Morgan fingerprint density at radius 3 is 2.74 bits per heavy atom. The first kappa shape index (κ1) is 19.0. The summed E-state index contributed by atoms with van der Waals surface area (Å²) in [4.78, 5) is 36.0. The fourth-order valence-corrected chi connectivity index (χ4v) is 2.77. The highest BCUT2D eigenvalue weighted by Gasteiger charge is 2.54. The molecule has 2 aliphatic rings. The van der Waals surface area contributed by atoms with Crippen molar-refractivity contribution in [3.63, 3.8) is 0 Å². The normalized spacial score (nSPS) is 19.2. The van der Waals surface area contributed by atoms with Gasteiger partial charge in [-0.05, 0) is 24.0 Å². The highest BCUT2D eigenvalue weighted by atomic mass is 19.1. The fourth-order valence-electron chi connectivity index (χ4n) is 2.77. The van der Waals surface area contributed by atoms with Gasteiger partial charge in [0.2, 0.25) is 6.79 Å². The van der Waals surface area contributed by atoms with Gasteiger partial charge in [0.25, 0.3) is 5.91 Å². The number of carbonyl (C=O) groups is 3. The van der Waals surface area contributed by atoms with Crippen LogP contribution in [0.15, 0.2) is 12.1 Å². The van der Waals surface area contributed by atoms with E-state index in [-0.39, 0.29) is 17.5 Å². The van der Waals surface area contributed by atoms with E-state index in [9.17, 15) is 23.8 Å². The lowest BCUT2D eigenvalue weighted by Gasteiger charge is -2.21. The van der Waals surface area contributed by atoms with Crippen LogP contribution < -0.4 is 4.65 Å². The molecule has 1 aliphatic carbocycles. The molecular formula is C16H17BFNO8. The second-order valence-electron chi connectivity index (χ2n) is 6.38. The quantitative estimate of drug-likeness (QED) is 0.455. The lowest BCUT2D eigenvalue weighted by Crippen LogP contribution is -2.28. The molecule has 9 nitrogen and oxygen atoms in total. The summed E-state index contributed by atoms with van der Waals surface area (Å²) in [6.07, 6.45) is -0.532. The van der Waals surface area contributed by atoms with E-state index in [0.717, 1.165) is 6.07 Å². The lowest BCUT2D eigenvalue weighted by atomic mass is 9.77. The number of fused-ring (bicyclic) bond motifs is 3. The molecule has 1 saturated carbocycles. The minimum atomic E-state index is -1.22. The summed E-state index contributed by atoms with van der Waals surface area (Å²) in [6.45, 7) is -1.37. The standard InChI is InChI=1S/C16H17BFNO8/c1-19(2)12(20)6-24-16(22)26-7-25-15(21)13-11(18)4-3-8-9-5-10(9)17(23)27-14(8)13/h3-4,9-10,23H,5-7H2,1-2H3/t9-,10-/m1/s1. The van der Waals surface area contributed by atoms with Crippen molar-refractivity contribution in [2.24, 2.45) is 0 Å². The largest absolute Gasteiger partial charge is 0.535 e. The van der Waals surface area contributed by atoms with Crippen LogP contribution in [-0.2, 0) is 19.0 Å². The van der Waals surface area contributed by atoms with Crippen molar-refractivity contribution in [3.8, 4) is 5.75 Å². The van der Waals surface area contributed by atoms with Crippen molar-refractivity contribution in [1.82, 2.24) is 4.90 Å². The predicted octanol–water partition coefficient (Wildman–Crippen LogP) is 0.912. The van der Waals surface area contributed by atoms with Crippen molar-refractivity contribution in [2.75, 3.05) is 27.5 Å². The Balaban J connectivity index is 1.57. The average Bonchev–Trinajstić information content (AvgIpc) is 3.40. The Kier molecular flexibility index (Phi) is 5.22. The topological polar surface area (TPSA) is 112 Å². The molecule has 0 radical (unpaired) electrons. The monoisotopic (exact) mass is 381 g/mol. The highest BCUT2D eigenvalue weighted by Crippen LogP contribution is 2.60. The van der Waals surface area contributed by atoms with Gasteiger partial charge in [-0.1, -0.05) is 6.07 Å². The maximum Gasteiger partial charge on any atom is 0.526 e. The third-order valence-corrected chi connectivity index (χ3v) is 4.36. The summed E-state index contributed by atoms with van der Waals surface area (Å²) in [5, 5.41) is 9.84. The first-order valence-corrected chi connectivity index (χ1v) is 8.13. The van der Waals surface area contributed by atoms with Crippen LogP contribution in [0.3, 0.4) is 0 Å². The smallest absolute Gasteiger partial charge is 0.526 e. The maximum atomic E-state index is 14.1. The third-order valence-electron chi connectivity index (χ3n) is 4.36. The zero-order valence-corrected chi connectivity index (χ0v) is 14.6. The van der Waals surface area contributed by atoms with Crippen LogP contribution in [0.2, 0.25) is 5.82 Å². The van der Waals surface area contributed by atoms with Gasteiger partial charge >= 0.3 is 19.2 Å². The molecule has 0 spiro atoms. The molecule has 1 aromatic rings. The summed E-state index contributed by atoms with van der Waals surface area (Å²) in [7, 11) is 1.85. The second kappa shape index (κ2) is 7.43. The molecule has 3 rings (SSSR count). The summed E-state index contributed by atoms with van der Waals surface area (Å²) in [5.41, 5.74) is 0.151. The summed E-state index contributed by atoms with van der Waals surface area (Å²) < 4.78 is 33.2. The van der Waals surface area contributed by atoms with Crippen LogP contribution in [0, 0.1) is 5.82 Å². The van der Waals surface area contributed by atoms with Crippen molar-refractivity contribution < 1.29 is 42.7 Å². The molecule has 1 aliphatic heterocycles. The van der Waals surface area contributed by atoms with E-state index in [1.54, 1.807) is 0 Å². The van der Waals surface area contributed by atoms with Crippen molar-refractivity contribution in [1.29, 1.82) is 0 Å². The van der Waals surface area contributed by atoms with Crippen molar-refractivity contribution in [2.45, 2.75) is 18.2 Å². The second-order valence-corrected chi connectivity index (χ2v) is 6.38. The number of likely N-dealkylation sites (N-methyl/N-ethyl adjacent to an activating group) is 1. The molecule has 2 atom stereocenters. The van der Waals surface area contributed by atoms with Gasteiger partial charge in [0.1, 0.15) is 17.1 Å². The number of amides is 1. The van der Waals surface area contributed by atoms with Crippen molar-refractivity contribution >= 4 is 25.2 Å². The molecule has 0 aromatic heterocycles. The van der Waals surface area contributed by atoms with E-state index < -0.39 is 49.9 Å². The highest BCUT2D eigenvalue weighted by molar-refractivity contribution is 6.48. The third kappa shape index (κ3) is 3.97. The summed E-state index contributed by atoms with van der Waals surface area (Å²) >= 11 is 0. The maximum absolute atomic E-state index is 14.1. The Hall–Kier alpha value is -2.82. The number of rotatable bonds is 5. The van der Waals surface area contributed by atoms with Crippen LogP contribution in [0.4, 0.5) is 9.18 Å². The van der Waals surface area contributed by atoms with E-state index >= 15 is 0 Å². The molecule has 0 unspecified atom stereocenters. The number of esters is 1. The first-order valence-electron chi connectivity index (χ1n) is 8.13. The number of ether oxygens (including phenoxy) is 3. The van der Waals surface area contributed by atoms with Crippen LogP contribution in [0.25, 0.3) is 0 Å². The summed E-state index contributed by atoms with van der Waals surface area (Å²) in [6, 6.07) is 2.63. The molecule has 1 heterocycles. The molecule has 1 fully saturated rings. The molecular weight excluding hydrogens is 364 g/mol. The average molecular weight is 381 g/mol. The lowest BCUT2D eigenvalue weighted by molar-refractivity contribution is -0.133. The van der Waals surface area contributed by atoms with E-state index in [0.29, 0.717) is 12.0 Å². The Bertz CT molecular complexity index is 786. The number of hydrogen-bond acceptors (Lipinski definition) is 8. The van der Waals surface area contributed by atoms with Gasteiger partial charge in [-0.25, -0.2) is 14.0 Å². The number of halogens is 1. The van der Waals surface area contributed by atoms with Crippen LogP contribution >= 0.6 is 0 Å². The van der Waals surface area contributed by atoms with Gasteiger partial charge in [0, 0.05) is 19.9 Å². The van der Waals surface area contributed by atoms with Crippen LogP contribution in [0.1, 0.15) is 28.3 Å². The number of hydrogen-bond donors (Lipinski definition) is 1. The zero-order chi connectivity index (χ0) is 19.7. The minimum absolute atomic E-state index is 0.0105. The van der Waals surface area contributed by atoms with Gasteiger partial charge < -0.3 is 28.8 Å². The molecule has 0 saturated heterocycles. The van der Waals surface area contributed by atoms with Crippen molar-refractivity contribution in [3.05, 3.63) is 29.1 Å². The van der Waals surface area contributed by atoms with E-state index in [1.807, 2.05) is 0 Å². The van der Waals surface area contributed by atoms with Gasteiger partial charge in [-0.3, -0.25) is 4.79 Å². The molecule has 11 heteroatoms. The molecule has 1 amide bonds. The van der Waals surface area contributed by atoms with Gasteiger partial charge in [0.15, 0.2) is 6.61 Å². The van der Waals surface area contributed by atoms with E-state index in [4.69, 9.17) is 9.39 Å². The molecule has 0 bridgehead atoms. The van der Waals surface area contributed by atoms with Crippen LogP contribution in [-0.4, -0.2) is 62.6 Å². The van der Waals surface area contributed by atoms with Crippen LogP contribution in [0.5, 0.6) is 5.75 Å². The Morgan fingerprint density at radius 2 is 2.04 bits per heavy atom. The van der Waals surface area contributed by atoms with Gasteiger partial charge in [-0.2, -0.15) is 0 Å². The minimum Gasteiger partial charge on any atom is -0.535 e.